The Labute approximate surface area is 186 Å². The highest BCUT2D eigenvalue weighted by Gasteiger charge is 2.41. The number of rotatable bonds is 7. The van der Waals surface area contributed by atoms with Crippen LogP contribution in [0.2, 0.25) is 0 Å². The number of likely N-dealkylation sites (tertiary alicyclic amines) is 1. The predicted molar refractivity (Wildman–Crippen MR) is 124 cm³/mol. The van der Waals surface area contributed by atoms with E-state index < -0.39 is 0 Å². The first-order valence-corrected chi connectivity index (χ1v) is 10.1. The lowest BCUT2D eigenvalue weighted by Crippen LogP contribution is -2.50. The van der Waals surface area contributed by atoms with Crippen LogP contribution < -0.4 is 5.32 Å². The lowest BCUT2D eigenvalue weighted by Gasteiger charge is -2.36. The van der Waals surface area contributed by atoms with Gasteiger partial charge < -0.3 is 19.7 Å². The summed E-state index contributed by atoms with van der Waals surface area (Å²) in [5.41, 5.74) is 1.37. The van der Waals surface area contributed by atoms with Crippen LogP contribution in [0, 0.1) is 0 Å². The van der Waals surface area contributed by atoms with Gasteiger partial charge in [-0.05, 0) is 25.8 Å². The number of benzene rings is 1. The summed E-state index contributed by atoms with van der Waals surface area (Å²) in [4.78, 5) is 9.38. The molecule has 2 aliphatic rings. The Hall–Kier alpha value is -0.900. The average molecular weight is 502 g/mol. The minimum Gasteiger partial charge on any atom is -0.379 e. The molecule has 1 aromatic carbocycles. The Morgan fingerprint density at radius 2 is 2.07 bits per heavy atom. The van der Waals surface area contributed by atoms with Gasteiger partial charge in [-0.3, -0.25) is 9.89 Å². The monoisotopic (exact) mass is 502 g/mol. The summed E-state index contributed by atoms with van der Waals surface area (Å²) in [6.07, 6.45) is 1.53. The van der Waals surface area contributed by atoms with Crippen molar-refractivity contribution in [1.82, 2.24) is 15.1 Å². The quantitative estimate of drug-likeness (QED) is 0.269. The second kappa shape index (κ2) is 11.9. The van der Waals surface area contributed by atoms with Gasteiger partial charge in [0.15, 0.2) is 5.96 Å². The third-order valence-corrected chi connectivity index (χ3v) is 5.21. The molecule has 158 valence electrons. The van der Waals surface area contributed by atoms with Crippen LogP contribution in [0.3, 0.4) is 0 Å². The molecule has 0 bridgehead atoms. The van der Waals surface area contributed by atoms with Crippen molar-refractivity contribution in [3.05, 3.63) is 35.9 Å². The van der Waals surface area contributed by atoms with Crippen LogP contribution in [0.25, 0.3) is 0 Å². The van der Waals surface area contributed by atoms with Crippen LogP contribution in [0.1, 0.15) is 25.8 Å². The van der Waals surface area contributed by atoms with E-state index in [1.54, 1.807) is 0 Å². The highest BCUT2D eigenvalue weighted by molar-refractivity contribution is 14.0. The summed E-state index contributed by atoms with van der Waals surface area (Å²) >= 11 is 0. The lowest BCUT2D eigenvalue weighted by atomic mass is 10.1. The second-order valence-corrected chi connectivity index (χ2v) is 7.58. The van der Waals surface area contributed by atoms with E-state index in [9.17, 15) is 0 Å². The highest BCUT2D eigenvalue weighted by atomic mass is 127. The summed E-state index contributed by atoms with van der Waals surface area (Å²) in [5, 5.41) is 3.48. The third kappa shape index (κ3) is 6.57. The number of halogens is 1. The molecule has 28 heavy (non-hydrogen) atoms. The summed E-state index contributed by atoms with van der Waals surface area (Å²) in [7, 11) is 1.86. The zero-order valence-electron chi connectivity index (χ0n) is 17.3. The molecule has 2 fully saturated rings. The first kappa shape index (κ1) is 23.4. The highest BCUT2D eigenvalue weighted by Crippen LogP contribution is 2.24. The first-order chi connectivity index (χ1) is 13.2. The van der Waals surface area contributed by atoms with E-state index in [2.05, 4.69) is 64.3 Å². The fourth-order valence-electron chi connectivity index (χ4n) is 3.87. The number of nitrogens with zero attached hydrogens (tertiary/aromatic N) is 3. The molecule has 0 saturated carbocycles. The minimum atomic E-state index is 0. The largest absolute Gasteiger partial charge is 0.379 e. The van der Waals surface area contributed by atoms with E-state index >= 15 is 0 Å². The second-order valence-electron chi connectivity index (χ2n) is 7.58. The van der Waals surface area contributed by atoms with Crippen LogP contribution in [-0.2, 0) is 16.0 Å². The topological polar surface area (TPSA) is 49.3 Å². The Morgan fingerprint density at radius 3 is 2.79 bits per heavy atom. The van der Waals surface area contributed by atoms with E-state index in [0.717, 1.165) is 58.3 Å². The van der Waals surface area contributed by atoms with Crippen molar-refractivity contribution in [2.24, 2.45) is 4.99 Å². The predicted octanol–water partition coefficient (Wildman–Crippen LogP) is 2.58. The van der Waals surface area contributed by atoms with Crippen molar-refractivity contribution in [3.8, 4) is 0 Å². The van der Waals surface area contributed by atoms with Gasteiger partial charge in [0.1, 0.15) is 0 Å². The van der Waals surface area contributed by atoms with Crippen LogP contribution in [-0.4, -0.2) is 80.4 Å². The molecule has 1 aromatic rings. The van der Waals surface area contributed by atoms with Crippen LogP contribution in [0.4, 0.5) is 0 Å². The van der Waals surface area contributed by atoms with E-state index in [0.29, 0.717) is 12.1 Å². The van der Waals surface area contributed by atoms with E-state index in [-0.39, 0.29) is 30.1 Å². The van der Waals surface area contributed by atoms with Crippen LogP contribution >= 0.6 is 24.0 Å². The maximum atomic E-state index is 6.08. The maximum absolute atomic E-state index is 6.08. The summed E-state index contributed by atoms with van der Waals surface area (Å²) < 4.78 is 11.7. The molecule has 7 heteroatoms. The molecule has 3 rings (SSSR count). The molecular weight excluding hydrogens is 467 g/mol. The van der Waals surface area contributed by atoms with Gasteiger partial charge in [-0.2, -0.15) is 0 Å². The number of fused-ring (bicyclic) bond motifs is 1. The maximum Gasteiger partial charge on any atom is 0.193 e. The number of hydrogen-bond donors (Lipinski definition) is 1. The molecule has 6 nitrogen and oxygen atoms in total. The van der Waals surface area contributed by atoms with Gasteiger partial charge in [-0.1, -0.05) is 30.3 Å². The van der Waals surface area contributed by atoms with Crippen LogP contribution in [0.15, 0.2) is 35.3 Å². The molecular formula is C21H35IN4O2. The van der Waals surface area contributed by atoms with Gasteiger partial charge in [-0.25, -0.2) is 0 Å². The smallest absolute Gasteiger partial charge is 0.193 e. The number of hydrogen-bond acceptors (Lipinski definition) is 4. The van der Waals surface area contributed by atoms with Gasteiger partial charge in [0.05, 0.1) is 24.9 Å². The Morgan fingerprint density at radius 1 is 1.29 bits per heavy atom. The van der Waals surface area contributed by atoms with Crippen molar-refractivity contribution >= 4 is 29.9 Å². The number of nitrogens with one attached hydrogen (secondary N) is 1. The van der Waals surface area contributed by atoms with Gasteiger partial charge in [0, 0.05) is 46.4 Å². The fraction of sp³-hybridized carbons (Fsp3) is 0.667. The minimum absolute atomic E-state index is 0. The average Bonchev–Trinajstić information content (AvgIpc) is 3.10. The molecule has 0 aliphatic carbocycles. The van der Waals surface area contributed by atoms with Crippen molar-refractivity contribution in [3.63, 3.8) is 0 Å². The fourth-order valence-corrected chi connectivity index (χ4v) is 3.87. The molecule has 2 saturated heterocycles. The summed E-state index contributed by atoms with van der Waals surface area (Å²) in [6, 6.07) is 11.1. The van der Waals surface area contributed by atoms with Crippen molar-refractivity contribution in [2.75, 3.05) is 46.4 Å². The Bertz CT molecular complexity index is 599. The zero-order valence-corrected chi connectivity index (χ0v) is 19.7. The van der Waals surface area contributed by atoms with Crippen molar-refractivity contribution < 1.29 is 9.47 Å². The number of aliphatic imine (C=N–C) groups is 1. The first-order valence-electron chi connectivity index (χ1n) is 10.1. The molecule has 0 spiro atoms. The van der Waals surface area contributed by atoms with Gasteiger partial charge in [-0.15, -0.1) is 24.0 Å². The summed E-state index contributed by atoms with van der Waals surface area (Å²) in [5.74, 6) is 0.970. The van der Waals surface area contributed by atoms with Crippen molar-refractivity contribution in [1.29, 1.82) is 0 Å². The Balaban J connectivity index is 0.00000280. The number of ether oxygens (including phenoxy) is 2. The van der Waals surface area contributed by atoms with E-state index in [1.165, 1.54) is 5.56 Å². The Kier molecular flexibility index (Phi) is 9.98. The molecule has 2 unspecified atom stereocenters. The van der Waals surface area contributed by atoms with Gasteiger partial charge in [0.2, 0.25) is 0 Å². The number of morpholine rings is 1. The number of guanidine groups is 1. The zero-order chi connectivity index (χ0) is 19.1. The van der Waals surface area contributed by atoms with Gasteiger partial charge >= 0.3 is 0 Å². The normalized spacial score (nSPS) is 22.9. The molecule has 0 aromatic heterocycles. The summed E-state index contributed by atoms with van der Waals surface area (Å²) in [6.45, 7) is 10.4. The standard InChI is InChI=1S/C21H34N4O2.HI/c1-17(2)26-12-7-10-23-21(22-3)25-15-19-20(16-25)27-13-11-24(19)14-18-8-5-4-6-9-18;/h4-6,8-9,17,19-20H,7,10-16H2,1-3H3,(H,22,23);1H. The van der Waals surface area contributed by atoms with Crippen LogP contribution in [0.5, 0.6) is 0 Å². The SMILES string of the molecule is CN=C(NCCCOC(C)C)N1CC2OCCN(Cc3ccccc3)C2C1.I. The molecule has 2 heterocycles. The van der Waals surface area contributed by atoms with Gasteiger partial charge in [0.25, 0.3) is 0 Å². The molecule has 1 N–H and O–H groups in total. The van der Waals surface area contributed by atoms with E-state index in [1.807, 2.05) is 7.05 Å². The van der Waals surface area contributed by atoms with Crippen molar-refractivity contribution in [2.45, 2.75) is 45.1 Å². The van der Waals surface area contributed by atoms with E-state index in [4.69, 9.17) is 9.47 Å². The molecule has 0 amide bonds. The molecule has 0 radical (unpaired) electrons. The third-order valence-electron chi connectivity index (χ3n) is 5.21. The lowest BCUT2D eigenvalue weighted by molar-refractivity contribution is -0.0502. The molecule has 2 aliphatic heterocycles. The molecule has 2 atom stereocenters.